The van der Waals surface area contributed by atoms with E-state index < -0.39 is 0 Å². The first-order chi connectivity index (χ1) is 9.83. The summed E-state index contributed by atoms with van der Waals surface area (Å²) in [6.07, 6.45) is 1.77. The first-order valence-electron chi connectivity index (χ1n) is 6.46. The van der Waals surface area contributed by atoms with Crippen molar-refractivity contribution in [3.05, 3.63) is 36.5 Å². The summed E-state index contributed by atoms with van der Waals surface area (Å²) in [5.74, 6) is 0.901. The van der Waals surface area contributed by atoms with Crippen molar-refractivity contribution in [3.63, 3.8) is 0 Å². The van der Waals surface area contributed by atoms with Crippen LogP contribution in [0.3, 0.4) is 0 Å². The van der Waals surface area contributed by atoms with Gasteiger partial charge < -0.3 is 15.1 Å². The van der Waals surface area contributed by atoms with Gasteiger partial charge in [0.2, 0.25) is 0 Å². The number of hydrogen-bond acceptors (Lipinski definition) is 5. The number of para-hydroxylation sites is 1. The van der Waals surface area contributed by atoms with Crippen LogP contribution in [0.2, 0.25) is 0 Å². The first-order valence-corrected chi connectivity index (χ1v) is 7.19. The fraction of sp³-hybridized carbons (Fsp3) is 0.308. The summed E-state index contributed by atoms with van der Waals surface area (Å²) >= 11 is 1.21. The summed E-state index contributed by atoms with van der Waals surface area (Å²) in [5.41, 5.74) is 0.823. The molecule has 1 aromatic carbocycles. The molecule has 2 aromatic rings. The first kappa shape index (κ1) is 12.9. The molecule has 0 spiro atoms. The van der Waals surface area contributed by atoms with Crippen LogP contribution >= 0.6 is 11.7 Å². The van der Waals surface area contributed by atoms with E-state index in [1.165, 1.54) is 11.7 Å². The van der Waals surface area contributed by atoms with E-state index >= 15 is 0 Å². The lowest BCUT2D eigenvalue weighted by molar-refractivity contribution is 0.208. The normalized spacial score (nSPS) is 15.2. The van der Waals surface area contributed by atoms with Crippen molar-refractivity contribution in [2.45, 2.75) is 0 Å². The Balaban J connectivity index is 1.54. The van der Waals surface area contributed by atoms with Gasteiger partial charge in [-0.1, -0.05) is 18.2 Å². The smallest absolute Gasteiger partial charge is 0.321 e. The third kappa shape index (κ3) is 2.88. The van der Waals surface area contributed by atoms with Gasteiger partial charge >= 0.3 is 6.03 Å². The number of anilines is 2. The number of hydrogen-bond donors (Lipinski definition) is 1. The molecule has 1 saturated heterocycles. The van der Waals surface area contributed by atoms with Gasteiger partial charge in [0.25, 0.3) is 0 Å². The Morgan fingerprint density at radius 2 is 1.90 bits per heavy atom. The van der Waals surface area contributed by atoms with Gasteiger partial charge in [0.1, 0.15) is 0 Å². The number of rotatable bonds is 2. The molecule has 7 heteroatoms. The Kier molecular flexibility index (Phi) is 3.78. The largest absolute Gasteiger partial charge is 0.351 e. The highest BCUT2D eigenvalue weighted by molar-refractivity contribution is 6.99. The van der Waals surface area contributed by atoms with E-state index in [9.17, 15) is 4.79 Å². The van der Waals surface area contributed by atoms with Crippen LogP contribution in [0.4, 0.5) is 16.3 Å². The van der Waals surface area contributed by atoms with Crippen LogP contribution in [0.15, 0.2) is 36.5 Å². The number of nitrogens with one attached hydrogen (secondary N) is 1. The van der Waals surface area contributed by atoms with Crippen LogP contribution in [0.1, 0.15) is 0 Å². The third-order valence-electron chi connectivity index (χ3n) is 3.27. The standard InChI is InChI=1S/C13H15N5OS/c19-13(15-11-4-2-1-3-5-11)18-8-6-17(7-9-18)12-10-14-20-16-12/h1-5,10H,6-9H2,(H,15,19). The molecule has 2 heterocycles. The quantitative estimate of drug-likeness (QED) is 0.917. The molecule has 0 bridgehead atoms. The second-order valence-electron chi connectivity index (χ2n) is 4.54. The topological polar surface area (TPSA) is 61.4 Å². The molecular formula is C13H15N5OS. The zero-order valence-corrected chi connectivity index (χ0v) is 11.7. The summed E-state index contributed by atoms with van der Waals surface area (Å²) in [4.78, 5) is 16.1. The van der Waals surface area contributed by atoms with Gasteiger partial charge in [-0.15, -0.1) is 0 Å². The maximum Gasteiger partial charge on any atom is 0.321 e. The molecule has 1 aliphatic rings. The Labute approximate surface area is 121 Å². The Morgan fingerprint density at radius 1 is 1.15 bits per heavy atom. The minimum Gasteiger partial charge on any atom is -0.351 e. The number of aromatic nitrogens is 2. The molecule has 2 amide bonds. The van der Waals surface area contributed by atoms with Crippen molar-refractivity contribution >= 4 is 29.3 Å². The molecule has 0 unspecified atom stereocenters. The number of carbonyl (C=O) groups is 1. The molecule has 1 fully saturated rings. The highest BCUT2D eigenvalue weighted by atomic mass is 32.1. The van der Waals surface area contributed by atoms with Crippen LogP contribution in [0, 0.1) is 0 Å². The van der Waals surface area contributed by atoms with Gasteiger partial charge in [0, 0.05) is 31.9 Å². The highest BCUT2D eigenvalue weighted by Crippen LogP contribution is 2.14. The summed E-state index contributed by atoms with van der Waals surface area (Å²) in [5, 5.41) is 2.90. The molecule has 3 rings (SSSR count). The SMILES string of the molecule is O=C(Nc1ccccc1)N1CCN(c2cnsn2)CC1. The van der Waals surface area contributed by atoms with Crippen molar-refractivity contribution in [2.24, 2.45) is 0 Å². The lowest BCUT2D eigenvalue weighted by Crippen LogP contribution is -2.50. The molecule has 1 aliphatic heterocycles. The van der Waals surface area contributed by atoms with Crippen molar-refractivity contribution in [1.29, 1.82) is 0 Å². The second-order valence-corrected chi connectivity index (χ2v) is 5.09. The number of benzene rings is 1. The summed E-state index contributed by atoms with van der Waals surface area (Å²) < 4.78 is 8.22. The van der Waals surface area contributed by atoms with E-state index in [2.05, 4.69) is 19.0 Å². The van der Waals surface area contributed by atoms with Crippen molar-refractivity contribution < 1.29 is 4.79 Å². The van der Waals surface area contributed by atoms with Gasteiger partial charge in [-0.25, -0.2) is 4.79 Å². The van der Waals surface area contributed by atoms with Gasteiger partial charge in [0.05, 0.1) is 17.9 Å². The summed E-state index contributed by atoms with van der Waals surface area (Å²) in [6.45, 7) is 2.95. The monoisotopic (exact) mass is 289 g/mol. The van der Waals surface area contributed by atoms with Crippen LogP contribution in [0.5, 0.6) is 0 Å². The maximum absolute atomic E-state index is 12.1. The van der Waals surface area contributed by atoms with Crippen molar-refractivity contribution in [2.75, 3.05) is 36.4 Å². The fourth-order valence-corrected chi connectivity index (χ4v) is 2.60. The predicted molar refractivity (Wildman–Crippen MR) is 79.2 cm³/mol. The number of amides is 2. The van der Waals surface area contributed by atoms with Crippen LogP contribution in [-0.2, 0) is 0 Å². The van der Waals surface area contributed by atoms with Gasteiger partial charge in [-0.2, -0.15) is 8.75 Å². The zero-order valence-electron chi connectivity index (χ0n) is 10.9. The van der Waals surface area contributed by atoms with E-state index in [1.807, 2.05) is 35.2 Å². The minimum atomic E-state index is -0.0488. The van der Waals surface area contributed by atoms with E-state index in [0.29, 0.717) is 13.1 Å². The number of urea groups is 1. The number of carbonyl (C=O) groups excluding carboxylic acids is 1. The highest BCUT2D eigenvalue weighted by Gasteiger charge is 2.22. The number of piperazine rings is 1. The molecule has 6 nitrogen and oxygen atoms in total. The molecule has 0 aliphatic carbocycles. The molecule has 0 saturated carbocycles. The zero-order chi connectivity index (χ0) is 13.8. The average molecular weight is 289 g/mol. The van der Waals surface area contributed by atoms with Gasteiger partial charge in [-0.3, -0.25) is 0 Å². The lowest BCUT2D eigenvalue weighted by atomic mass is 10.3. The molecular weight excluding hydrogens is 274 g/mol. The maximum atomic E-state index is 12.1. The molecule has 0 radical (unpaired) electrons. The third-order valence-corrected chi connectivity index (χ3v) is 3.73. The molecule has 0 atom stereocenters. The van der Waals surface area contributed by atoms with E-state index in [-0.39, 0.29) is 6.03 Å². The Bertz CT molecular complexity index is 551. The van der Waals surface area contributed by atoms with Crippen LogP contribution < -0.4 is 10.2 Å². The van der Waals surface area contributed by atoms with E-state index in [0.717, 1.165) is 24.6 Å². The summed E-state index contributed by atoms with van der Waals surface area (Å²) in [6, 6.07) is 9.46. The lowest BCUT2D eigenvalue weighted by Gasteiger charge is -2.34. The molecule has 20 heavy (non-hydrogen) atoms. The van der Waals surface area contributed by atoms with Gasteiger partial charge in [0.15, 0.2) is 5.82 Å². The minimum absolute atomic E-state index is 0.0488. The summed E-state index contributed by atoms with van der Waals surface area (Å²) in [7, 11) is 0. The molecule has 1 aromatic heterocycles. The second kappa shape index (κ2) is 5.87. The van der Waals surface area contributed by atoms with Crippen LogP contribution in [0.25, 0.3) is 0 Å². The van der Waals surface area contributed by atoms with Crippen LogP contribution in [-0.4, -0.2) is 45.9 Å². The fourth-order valence-electron chi connectivity index (χ4n) is 2.16. The predicted octanol–water partition coefficient (Wildman–Crippen LogP) is 1.89. The average Bonchev–Trinajstić information content (AvgIpc) is 3.03. The number of nitrogens with zero attached hydrogens (tertiary/aromatic N) is 4. The molecule has 1 N–H and O–H groups in total. The van der Waals surface area contributed by atoms with E-state index in [1.54, 1.807) is 6.20 Å². The Hall–Kier alpha value is -2.15. The van der Waals surface area contributed by atoms with Gasteiger partial charge in [-0.05, 0) is 12.1 Å². The van der Waals surface area contributed by atoms with E-state index in [4.69, 9.17) is 0 Å². The van der Waals surface area contributed by atoms with Crippen molar-refractivity contribution in [3.8, 4) is 0 Å². The Morgan fingerprint density at radius 3 is 2.55 bits per heavy atom. The van der Waals surface area contributed by atoms with Crippen molar-refractivity contribution in [1.82, 2.24) is 13.6 Å². The molecule has 104 valence electrons.